The first-order valence-electron chi connectivity index (χ1n) is 21.7. The summed E-state index contributed by atoms with van der Waals surface area (Å²) in [6, 6.07) is 24.6. The van der Waals surface area contributed by atoms with Crippen molar-refractivity contribution in [2.24, 2.45) is 0 Å². The van der Waals surface area contributed by atoms with E-state index in [9.17, 15) is 38.5 Å². The van der Waals surface area contributed by atoms with Crippen molar-refractivity contribution in [3.8, 4) is 0 Å². The number of ether oxygens (including phenoxy) is 1. The maximum absolute atomic E-state index is 14.2. The Kier molecular flexibility index (Phi) is 22.2. The molecule has 0 unspecified atom stereocenters. The number of benzene rings is 4. The second kappa shape index (κ2) is 26.2. The van der Waals surface area contributed by atoms with Gasteiger partial charge in [-0.25, -0.2) is 30.0 Å². The van der Waals surface area contributed by atoms with Gasteiger partial charge in [0.2, 0.25) is 20.0 Å². The quantitative estimate of drug-likeness (QED) is 0.0480. The monoisotopic (exact) mass is 979 g/mol. The lowest BCUT2D eigenvalue weighted by molar-refractivity contribution is 0.122. The van der Waals surface area contributed by atoms with Gasteiger partial charge in [-0.1, -0.05) is 116 Å². The average molecular weight is 980 g/mol. The molecular weight excluding hydrogens is 915 g/mol. The highest BCUT2D eigenvalue weighted by Gasteiger charge is 2.34. The fourth-order valence-corrected chi connectivity index (χ4v) is 11.0. The summed E-state index contributed by atoms with van der Waals surface area (Å²) < 4.78 is 122. The number of aliphatic hydroxyl groups is 1. The minimum Gasteiger partial charge on any atom is -0.449 e. The van der Waals surface area contributed by atoms with E-state index in [0.29, 0.717) is 23.6 Å². The Hall–Kier alpha value is -4.21. The number of amides is 1. The second-order valence-corrected chi connectivity index (χ2v) is 22.9. The van der Waals surface area contributed by atoms with Gasteiger partial charge in [0.1, 0.15) is 0 Å². The molecule has 0 saturated carbocycles. The standard InChI is InChI=1S/C39H57N3O9S3.C7H8O3S/c1-5-6-32-51-39(44)42(54(49,50)38-24-18-35(4)19-25-38)30-29-41(53(47,48)37-22-16-34(3)17-23-37)28-27-40(26-12-10-8-7-9-11-13-31-43)52(45,46)36-20-14-33(2)15-21-36;1-6-2-4-7(5-3-6)11(8,9)10/h14-25,43H,5-13,26-32H2,1-4H3;2-5H,1H3,(H,8,9,10). The van der Waals surface area contributed by atoms with Gasteiger partial charge in [-0.15, -0.1) is 0 Å². The topological polar surface area (TPSA) is 213 Å². The molecule has 1 amide bonds. The van der Waals surface area contributed by atoms with E-state index in [1.807, 2.05) is 27.7 Å². The number of sulfonamides is 3. The molecule has 4 aromatic rings. The summed E-state index contributed by atoms with van der Waals surface area (Å²) in [7, 11) is -16.8. The Balaban J connectivity index is 0.000000887. The van der Waals surface area contributed by atoms with Crippen LogP contribution >= 0.6 is 0 Å². The number of hydrogen-bond acceptors (Lipinski definition) is 11. The first-order chi connectivity index (χ1) is 30.6. The zero-order valence-corrected chi connectivity index (χ0v) is 41.3. The Labute approximate surface area is 387 Å². The van der Waals surface area contributed by atoms with E-state index in [2.05, 4.69) is 0 Å². The van der Waals surface area contributed by atoms with Crippen molar-refractivity contribution >= 4 is 46.3 Å². The molecule has 0 fully saturated rings. The molecule has 2 N–H and O–H groups in total. The van der Waals surface area contributed by atoms with Crippen LogP contribution in [0.5, 0.6) is 0 Å². The van der Waals surface area contributed by atoms with Crippen molar-refractivity contribution < 1.29 is 52.9 Å². The Morgan fingerprint density at radius 1 is 0.462 bits per heavy atom. The Morgan fingerprint density at radius 3 is 1.18 bits per heavy atom. The number of rotatable bonds is 25. The third kappa shape index (κ3) is 17.5. The van der Waals surface area contributed by atoms with Gasteiger partial charge in [0.25, 0.3) is 20.1 Å². The third-order valence-corrected chi connectivity index (χ3v) is 16.9. The molecule has 0 saturated heterocycles. The lowest BCUT2D eigenvalue weighted by Gasteiger charge is -2.29. The molecule has 19 heteroatoms. The molecule has 0 heterocycles. The lowest BCUT2D eigenvalue weighted by atomic mass is 10.1. The van der Waals surface area contributed by atoms with Gasteiger partial charge in [-0.05, 0) is 95.5 Å². The molecule has 360 valence electrons. The van der Waals surface area contributed by atoms with Crippen LogP contribution in [0.15, 0.2) is 117 Å². The van der Waals surface area contributed by atoms with Gasteiger partial charge in [0.15, 0.2) is 0 Å². The first-order valence-corrected chi connectivity index (χ1v) is 27.5. The molecule has 0 bridgehead atoms. The van der Waals surface area contributed by atoms with Crippen LogP contribution in [0.1, 0.15) is 87.0 Å². The number of nitrogens with zero attached hydrogens (tertiary/aromatic N) is 3. The zero-order chi connectivity index (χ0) is 48.3. The number of unbranched alkanes of at least 4 members (excludes halogenated alkanes) is 7. The van der Waals surface area contributed by atoms with Gasteiger partial charge in [0.05, 0.1) is 32.7 Å². The van der Waals surface area contributed by atoms with Gasteiger partial charge in [-0.2, -0.15) is 21.3 Å². The molecule has 0 radical (unpaired) electrons. The number of aryl methyl sites for hydroxylation is 4. The van der Waals surface area contributed by atoms with Crippen LogP contribution in [0, 0.1) is 27.7 Å². The number of carbonyl (C=O) groups is 1. The normalized spacial score (nSPS) is 12.2. The maximum atomic E-state index is 14.2. The average Bonchev–Trinajstić information content (AvgIpc) is 3.25. The third-order valence-electron chi connectivity index (χ3n) is 10.4. The van der Waals surface area contributed by atoms with Crippen LogP contribution in [-0.2, 0) is 44.9 Å². The minimum absolute atomic E-state index is 0.0187. The fraction of sp³-hybridized carbons (Fsp3) is 0.457. The molecule has 0 spiro atoms. The summed E-state index contributed by atoms with van der Waals surface area (Å²) in [5.41, 5.74) is 3.48. The largest absolute Gasteiger partial charge is 0.449 e. The molecule has 15 nitrogen and oxygen atoms in total. The molecule has 0 aliphatic heterocycles. The maximum Gasteiger partial charge on any atom is 0.423 e. The number of hydrogen-bond donors (Lipinski definition) is 2. The number of carbonyl (C=O) groups excluding carboxylic acids is 1. The van der Waals surface area contributed by atoms with Crippen LogP contribution in [-0.4, -0.2) is 108 Å². The predicted octanol–water partition coefficient (Wildman–Crippen LogP) is 7.89. The summed E-state index contributed by atoms with van der Waals surface area (Å²) in [5.74, 6) is 0. The van der Waals surface area contributed by atoms with E-state index < -0.39 is 59.4 Å². The number of aliphatic hydroxyl groups excluding tert-OH is 1. The highest BCUT2D eigenvalue weighted by molar-refractivity contribution is 7.90. The summed E-state index contributed by atoms with van der Waals surface area (Å²) in [5, 5.41) is 9.03. The van der Waals surface area contributed by atoms with E-state index in [-0.39, 0.29) is 52.4 Å². The smallest absolute Gasteiger partial charge is 0.423 e. The second-order valence-electron chi connectivity index (χ2n) is 15.8. The molecule has 0 aliphatic rings. The molecule has 4 rings (SSSR count). The highest BCUT2D eigenvalue weighted by Crippen LogP contribution is 2.23. The molecule has 0 aromatic heterocycles. The van der Waals surface area contributed by atoms with Crippen LogP contribution < -0.4 is 0 Å². The van der Waals surface area contributed by atoms with Crippen LogP contribution in [0.25, 0.3) is 0 Å². The summed E-state index contributed by atoms with van der Waals surface area (Å²) in [6.45, 7) is 7.91. The van der Waals surface area contributed by atoms with E-state index in [1.54, 1.807) is 55.5 Å². The van der Waals surface area contributed by atoms with Crippen LogP contribution in [0.4, 0.5) is 4.79 Å². The Bertz CT molecular complexity index is 2520. The van der Waals surface area contributed by atoms with Gasteiger partial charge in [0, 0.05) is 32.8 Å². The van der Waals surface area contributed by atoms with Gasteiger partial charge >= 0.3 is 6.09 Å². The molecule has 0 aliphatic carbocycles. The summed E-state index contributed by atoms with van der Waals surface area (Å²) in [6.07, 6.45) is 5.87. The zero-order valence-electron chi connectivity index (χ0n) is 38.0. The minimum atomic E-state index is -4.47. The van der Waals surface area contributed by atoms with E-state index in [0.717, 1.165) is 65.1 Å². The van der Waals surface area contributed by atoms with Crippen molar-refractivity contribution in [2.75, 3.05) is 45.9 Å². The molecular formula is C46H65N3O12S4. The van der Waals surface area contributed by atoms with Crippen molar-refractivity contribution in [1.82, 2.24) is 12.9 Å². The van der Waals surface area contributed by atoms with Crippen molar-refractivity contribution in [3.05, 3.63) is 119 Å². The van der Waals surface area contributed by atoms with E-state index in [4.69, 9.17) is 14.4 Å². The van der Waals surface area contributed by atoms with Gasteiger partial charge in [-0.3, -0.25) is 4.55 Å². The Morgan fingerprint density at radius 2 is 0.800 bits per heavy atom. The molecule has 65 heavy (non-hydrogen) atoms. The lowest BCUT2D eigenvalue weighted by Crippen LogP contribution is -2.46. The summed E-state index contributed by atoms with van der Waals surface area (Å²) in [4.78, 5) is 13.2. The van der Waals surface area contributed by atoms with Crippen molar-refractivity contribution in [1.29, 1.82) is 0 Å². The van der Waals surface area contributed by atoms with Crippen molar-refractivity contribution in [2.45, 2.75) is 112 Å². The van der Waals surface area contributed by atoms with E-state index >= 15 is 0 Å². The SMILES string of the molecule is CCCCOC(=O)N(CCN(CCN(CCCCCCCCCO)S(=O)(=O)c1ccc(C)cc1)S(=O)(=O)c1ccc(C)cc1)S(=O)(=O)c1ccc(C)cc1.Cc1ccc(S(=O)(=O)O)cc1. The summed E-state index contributed by atoms with van der Waals surface area (Å²) >= 11 is 0. The van der Waals surface area contributed by atoms with Crippen molar-refractivity contribution in [3.63, 3.8) is 0 Å². The fourth-order valence-electron chi connectivity index (χ4n) is 6.37. The van der Waals surface area contributed by atoms with E-state index in [1.165, 1.54) is 52.8 Å². The highest BCUT2D eigenvalue weighted by atomic mass is 32.2. The van der Waals surface area contributed by atoms with Crippen LogP contribution in [0.3, 0.4) is 0 Å². The first kappa shape index (κ1) is 55.1. The molecule has 0 atom stereocenters. The molecule has 4 aromatic carbocycles. The van der Waals surface area contributed by atoms with Crippen LogP contribution in [0.2, 0.25) is 0 Å². The van der Waals surface area contributed by atoms with Gasteiger partial charge < -0.3 is 9.84 Å². The predicted molar refractivity (Wildman–Crippen MR) is 252 cm³/mol.